The maximum atomic E-state index is 6.00. The Labute approximate surface area is 129 Å². The minimum absolute atomic E-state index is 0.438. The summed E-state index contributed by atoms with van der Waals surface area (Å²) < 4.78 is 6.97. The first kappa shape index (κ1) is 14.9. The molecule has 0 saturated heterocycles. The second kappa shape index (κ2) is 6.31. The van der Waals surface area contributed by atoms with Gasteiger partial charge in [-0.3, -0.25) is 0 Å². The van der Waals surface area contributed by atoms with Crippen LogP contribution in [0.2, 0.25) is 0 Å². The Hall–Kier alpha value is -1.48. The summed E-state index contributed by atoms with van der Waals surface area (Å²) in [5, 5.41) is 0. The molecule has 2 rings (SSSR count). The molecular weight excluding hydrogens is 314 g/mol. The summed E-state index contributed by atoms with van der Waals surface area (Å²) in [5.74, 6) is 1.38. The first-order valence-corrected chi connectivity index (χ1v) is 7.54. The van der Waals surface area contributed by atoms with Crippen molar-refractivity contribution in [2.75, 3.05) is 5.73 Å². The van der Waals surface area contributed by atoms with Gasteiger partial charge < -0.3 is 10.5 Å². The zero-order valence-electron chi connectivity index (χ0n) is 12.1. The molecule has 0 atom stereocenters. The number of hydrogen-bond donors (Lipinski definition) is 1. The molecule has 0 aliphatic heterocycles. The number of nitrogen functional groups attached to an aromatic ring is 1. The van der Waals surface area contributed by atoms with Crippen LogP contribution >= 0.6 is 15.9 Å². The number of rotatable bonds is 4. The average Bonchev–Trinajstić information content (AvgIpc) is 2.37. The van der Waals surface area contributed by atoms with E-state index < -0.39 is 0 Å². The molecule has 0 bridgehead atoms. The van der Waals surface area contributed by atoms with Crippen molar-refractivity contribution in [1.82, 2.24) is 0 Å². The molecule has 2 nitrogen and oxygen atoms in total. The Kier molecular flexibility index (Phi) is 4.71. The summed E-state index contributed by atoms with van der Waals surface area (Å²) >= 11 is 3.41. The Morgan fingerprint density at radius 2 is 1.90 bits per heavy atom. The molecular formula is C17H20BrNO. The number of ether oxygens (including phenoxy) is 1. The summed E-state index contributed by atoms with van der Waals surface area (Å²) in [6.07, 6.45) is 0. The zero-order chi connectivity index (χ0) is 14.7. The van der Waals surface area contributed by atoms with Gasteiger partial charge in [0.05, 0.1) is 0 Å². The molecule has 0 unspecified atom stereocenters. The van der Waals surface area contributed by atoms with Crippen LogP contribution < -0.4 is 10.5 Å². The summed E-state index contributed by atoms with van der Waals surface area (Å²) in [4.78, 5) is 0. The third-order valence-electron chi connectivity index (χ3n) is 3.28. The number of anilines is 1. The van der Waals surface area contributed by atoms with Gasteiger partial charge in [0, 0.05) is 15.7 Å². The average molecular weight is 334 g/mol. The van der Waals surface area contributed by atoms with Crippen molar-refractivity contribution in [3.63, 3.8) is 0 Å². The van der Waals surface area contributed by atoms with Crippen LogP contribution in [0.1, 0.15) is 36.5 Å². The molecule has 0 aliphatic rings. The fourth-order valence-electron chi connectivity index (χ4n) is 2.10. The number of aryl methyl sites for hydroxylation is 1. The van der Waals surface area contributed by atoms with Gasteiger partial charge in [-0.2, -0.15) is 0 Å². The van der Waals surface area contributed by atoms with Gasteiger partial charge in [0.2, 0.25) is 0 Å². The Morgan fingerprint density at radius 3 is 2.55 bits per heavy atom. The maximum absolute atomic E-state index is 6.00. The molecule has 2 aromatic carbocycles. The van der Waals surface area contributed by atoms with E-state index in [4.69, 9.17) is 10.5 Å². The van der Waals surface area contributed by atoms with E-state index in [0.717, 1.165) is 21.5 Å². The number of halogens is 1. The van der Waals surface area contributed by atoms with E-state index in [2.05, 4.69) is 54.9 Å². The van der Waals surface area contributed by atoms with Gasteiger partial charge in [-0.1, -0.05) is 48.0 Å². The lowest BCUT2D eigenvalue weighted by atomic mass is 10.0. The van der Waals surface area contributed by atoms with E-state index in [1.54, 1.807) is 0 Å². The normalized spacial score (nSPS) is 10.8. The lowest BCUT2D eigenvalue weighted by Gasteiger charge is -2.15. The van der Waals surface area contributed by atoms with Crippen molar-refractivity contribution in [3.05, 3.63) is 57.6 Å². The highest BCUT2D eigenvalue weighted by Gasteiger charge is 2.09. The smallest absolute Gasteiger partial charge is 0.123 e. The fraction of sp³-hybridized carbons (Fsp3) is 0.294. The molecule has 2 N–H and O–H groups in total. The molecule has 0 aromatic heterocycles. The van der Waals surface area contributed by atoms with Crippen molar-refractivity contribution in [3.8, 4) is 5.75 Å². The molecule has 20 heavy (non-hydrogen) atoms. The number of benzene rings is 2. The highest BCUT2D eigenvalue weighted by Crippen LogP contribution is 2.29. The van der Waals surface area contributed by atoms with Crippen LogP contribution in [-0.4, -0.2) is 0 Å². The predicted molar refractivity (Wildman–Crippen MR) is 88.2 cm³/mol. The van der Waals surface area contributed by atoms with Crippen LogP contribution in [0.3, 0.4) is 0 Å². The Balaban J connectivity index is 2.20. The van der Waals surface area contributed by atoms with Crippen LogP contribution in [-0.2, 0) is 6.61 Å². The topological polar surface area (TPSA) is 35.2 Å². The quantitative estimate of drug-likeness (QED) is 0.795. The second-order valence-electron chi connectivity index (χ2n) is 5.33. The van der Waals surface area contributed by atoms with Gasteiger partial charge in [-0.15, -0.1) is 0 Å². The number of nitrogens with two attached hydrogens (primary N) is 1. The monoisotopic (exact) mass is 333 g/mol. The van der Waals surface area contributed by atoms with E-state index in [0.29, 0.717) is 12.5 Å². The molecule has 0 fully saturated rings. The van der Waals surface area contributed by atoms with Crippen molar-refractivity contribution < 1.29 is 4.74 Å². The Bertz CT molecular complexity index is 608. The van der Waals surface area contributed by atoms with Crippen molar-refractivity contribution in [1.29, 1.82) is 0 Å². The van der Waals surface area contributed by atoms with E-state index in [-0.39, 0.29) is 0 Å². The maximum Gasteiger partial charge on any atom is 0.123 e. The summed E-state index contributed by atoms with van der Waals surface area (Å²) in [7, 11) is 0. The van der Waals surface area contributed by atoms with Crippen LogP contribution in [0.25, 0.3) is 0 Å². The lowest BCUT2D eigenvalue weighted by Crippen LogP contribution is -2.03. The first-order chi connectivity index (χ1) is 9.47. The van der Waals surface area contributed by atoms with Gasteiger partial charge in [-0.05, 0) is 42.2 Å². The molecule has 0 amide bonds. The van der Waals surface area contributed by atoms with Gasteiger partial charge >= 0.3 is 0 Å². The van der Waals surface area contributed by atoms with E-state index in [1.807, 2.05) is 18.2 Å². The summed E-state index contributed by atoms with van der Waals surface area (Å²) in [6.45, 7) is 6.91. The molecule has 0 saturated carbocycles. The van der Waals surface area contributed by atoms with Crippen molar-refractivity contribution >= 4 is 21.6 Å². The molecule has 106 valence electrons. The Morgan fingerprint density at radius 1 is 1.15 bits per heavy atom. The summed E-state index contributed by atoms with van der Waals surface area (Å²) in [6, 6.07) is 12.2. The minimum atomic E-state index is 0.438. The van der Waals surface area contributed by atoms with Crippen LogP contribution in [0, 0.1) is 6.92 Å². The third-order valence-corrected chi connectivity index (χ3v) is 3.78. The summed E-state index contributed by atoms with van der Waals surface area (Å²) in [5.41, 5.74) is 10.2. The molecule has 2 aromatic rings. The third kappa shape index (κ3) is 3.54. The van der Waals surface area contributed by atoms with E-state index >= 15 is 0 Å². The second-order valence-corrected chi connectivity index (χ2v) is 6.24. The highest BCUT2D eigenvalue weighted by molar-refractivity contribution is 9.10. The predicted octanol–water partition coefficient (Wildman–Crippen LogP) is 5.04. The molecule has 0 heterocycles. The van der Waals surface area contributed by atoms with Crippen LogP contribution in [0.15, 0.2) is 40.9 Å². The largest absolute Gasteiger partial charge is 0.489 e. The van der Waals surface area contributed by atoms with Crippen molar-refractivity contribution in [2.24, 2.45) is 0 Å². The van der Waals surface area contributed by atoms with E-state index in [9.17, 15) is 0 Å². The fourth-order valence-corrected chi connectivity index (χ4v) is 2.48. The first-order valence-electron chi connectivity index (χ1n) is 6.74. The van der Waals surface area contributed by atoms with Crippen molar-refractivity contribution in [2.45, 2.75) is 33.3 Å². The highest BCUT2D eigenvalue weighted by atomic mass is 79.9. The standard InChI is InChI=1S/C17H20BrNO/c1-11(2)15-7-4-12(3)8-17(15)20-10-13-5-6-14(18)9-16(13)19/h4-9,11H,10,19H2,1-3H3. The molecule has 0 spiro atoms. The van der Waals surface area contributed by atoms with Gasteiger partial charge in [0.15, 0.2) is 0 Å². The number of hydrogen-bond acceptors (Lipinski definition) is 2. The SMILES string of the molecule is Cc1ccc(C(C)C)c(OCc2ccc(Br)cc2N)c1. The molecule has 3 heteroatoms. The van der Waals surface area contributed by atoms with Crippen LogP contribution in [0.5, 0.6) is 5.75 Å². The van der Waals surface area contributed by atoms with Gasteiger partial charge in [0.1, 0.15) is 12.4 Å². The molecule has 0 aliphatic carbocycles. The van der Waals surface area contributed by atoms with Gasteiger partial charge in [-0.25, -0.2) is 0 Å². The van der Waals surface area contributed by atoms with Crippen LogP contribution in [0.4, 0.5) is 5.69 Å². The van der Waals surface area contributed by atoms with E-state index in [1.165, 1.54) is 11.1 Å². The lowest BCUT2D eigenvalue weighted by molar-refractivity contribution is 0.302. The molecule has 0 radical (unpaired) electrons. The van der Waals surface area contributed by atoms with Gasteiger partial charge in [0.25, 0.3) is 0 Å². The minimum Gasteiger partial charge on any atom is -0.489 e. The zero-order valence-corrected chi connectivity index (χ0v) is 13.7.